The van der Waals surface area contributed by atoms with Crippen LogP contribution >= 0.6 is 23.2 Å². The fourth-order valence-corrected chi connectivity index (χ4v) is 2.08. The Labute approximate surface area is 109 Å². The van der Waals surface area contributed by atoms with Crippen LogP contribution in [0.1, 0.15) is 18.2 Å². The predicted octanol–water partition coefficient (Wildman–Crippen LogP) is 3.61. The van der Waals surface area contributed by atoms with E-state index < -0.39 is 0 Å². The molecular weight excluding hydrogens is 257 g/mol. The van der Waals surface area contributed by atoms with E-state index in [1.54, 1.807) is 6.07 Å². The van der Waals surface area contributed by atoms with E-state index in [9.17, 15) is 0 Å². The third-order valence-corrected chi connectivity index (χ3v) is 3.10. The lowest BCUT2D eigenvalue weighted by Gasteiger charge is -2.04. The summed E-state index contributed by atoms with van der Waals surface area (Å²) in [5.41, 5.74) is 1.77. The summed E-state index contributed by atoms with van der Waals surface area (Å²) in [6.07, 6.45) is 0.653. The Morgan fingerprint density at radius 2 is 2.06 bits per heavy atom. The number of hydrogen-bond acceptors (Lipinski definition) is 2. The number of halogens is 2. The van der Waals surface area contributed by atoms with Gasteiger partial charge in [0.25, 0.3) is 0 Å². The normalized spacial score (nSPS) is 10.2. The average molecular weight is 266 g/mol. The molecule has 5 heteroatoms. The molecule has 0 aliphatic carbocycles. The number of aromatic nitrogens is 2. The van der Waals surface area contributed by atoms with Gasteiger partial charge in [-0.2, -0.15) is 10.4 Å². The van der Waals surface area contributed by atoms with Crippen LogP contribution in [0.3, 0.4) is 0 Å². The molecule has 0 saturated carbocycles. The van der Waals surface area contributed by atoms with E-state index in [1.807, 2.05) is 25.1 Å². The molecule has 1 heterocycles. The van der Waals surface area contributed by atoms with Crippen LogP contribution in [-0.4, -0.2) is 9.78 Å². The highest BCUT2D eigenvalue weighted by Gasteiger charge is 2.17. The first-order chi connectivity index (χ1) is 8.19. The minimum Gasteiger partial charge on any atom is -0.219 e. The van der Waals surface area contributed by atoms with E-state index in [4.69, 9.17) is 28.5 Å². The quantitative estimate of drug-likeness (QED) is 0.833. The highest BCUT2D eigenvalue weighted by molar-refractivity contribution is 6.33. The van der Waals surface area contributed by atoms with Crippen LogP contribution in [0.2, 0.25) is 10.2 Å². The maximum atomic E-state index is 9.04. The molecule has 0 bridgehead atoms. The van der Waals surface area contributed by atoms with Gasteiger partial charge in [-0.25, -0.2) is 4.68 Å². The van der Waals surface area contributed by atoms with Crippen molar-refractivity contribution in [2.75, 3.05) is 0 Å². The maximum absolute atomic E-state index is 9.04. The molecule has 1 aromatic heterocycles. The maximum Gasteiger partial charge on any atom is 0.151 e. The summed E-state index contributed by atoms with van der Waals surface area (Å²) in [6, 6.07) is 9.30. The standard InChI is InChI=1S/C12H9Cl2N3/c1-2-10-8(7-15)12(14)17(16-10)11-6-4-3-5-9(11)13/h3-6H,2H2,1H3. The van der Waals surface area contributed by atoms with E-state index in [0.29, 0.717) is 33.5 Å². The molecule has 17 heavy (non-hydrogen) atoms. The van der Waals surface area contributed by atoms with Gasteiger partial charge >= 0.3 is 0 Å². The molecular formula is C12H9Cl2N3. The minimum atomic E-state index is 0.303. The Bertz CT molecular complexity index is 596. The Hall–Kier alpha value is -1.50. The van der Waals surface area contributed by atoms with Gasteiger partial charge in [0.15, 0.2) is 5.15 Å². The summed E-state index contributed by atoms with van der Waals surface area (Å²) in [5, 5.41) is 14.2. The van der Waals surface area contributed by atoms with E-state index in [-0.39, 0.29) is 0 Å². The van der Waals surface area contributed by atoms with Crippen molar-refractivity contribution in [1.82, 2.24) is 9.78 Å². The molecule has 0 spiro atoms. The topological polar surface area (TPSA) is 41.6 Å². The Morgan fingerprint density at radius 1 is 1.35 bits per heavy atom. The van der Waals surface area contributed by atoms with Crippen LogP contribution in [0.5, 0.6) is 0 Å². The molecule has 2 aromatic rings. The second kappa shape index (κ2) is 4.79. The zero-order valence-electron chi connectivity index (χ0n) is 9.11. The summed E-state index contributed by atoms with van der Waals surface area (Å²) < 4.78 is 1.50. The largest absolute Gasteiger partial charge is 0.219 e. The number of benzene rings is 1. The first-order valence-corrected chi connectivity index (χ1v) is 5.87. The predicted molar refractivity (Wildman–Crippen MR) is 67.7 cm³/mol. The molecule has 3 nitrogen and oxygen atoms in total. The van der Waals surface area contributed by atoms with Crippen LogP contribution in [0.25, 0.3) is 5.69 Å². The number of hydrogen-bond donors (Lipinski definition) is 0. The van der Waals surface area contributed by atoms with Crippen molar-refractivity contribution < 1.29 is 0 Å². The van der Waals surface area contributed by atoms with Crippen molar-refractivity contribution in [2.45, 2.75) is 13.3 Å². The number of aryl methyl sites for hydroxylation is 1. The summed E-state index contributed by atoms with van der Waals surface area (Å²) in [6.45, 7) is 1.93. The summed E-state index contributed by atoms with van der Waals surface area (Å²) in [4.78, 5) is 0. The van der Waals surface area contributed by atoms with Crippen molar-refractivity contribution in [3.05, 3.63) is 45.7 Å². The van der Waals surface area contributed by atoms with E-state index in [0.717, 1.165) is 0 Å². The molecule has 0 fully saturated rings. The Morgan fingerprint density at radius 3 is 2.59 bits per heavy atom. The Balaban J connectivity index is 2.66. The summed E-state index contributed by atoms with van der Waals surface area (Å²) >= 11 is 12.2. The molecule has 2 rings (SSSR count). The number of rotatable bonds is 2. The van der Waals surface area contributed by atoms with Gasteiger partial charge in [0, 0.05) is 0 Å². The molecule has 0 unspecified atom stereocenters. The van der Waals surface area contributed by atoms with E-state index >= 15 is 0 Å². The van der Waals surface area contributed by atoms with Crippen molar-refractivity contribution in [1.29, 1.82) is 5.26 Å². The lowest BCUT2D eigenvalue weighted by molar-refractivity contribution is 0.842. The Kier molecular flexibility index (Phi) is 3.37. The fourth-order valence-electron chi connectivity index (χ4n) is 1.58. The highest BCUT2D eigenvalue weighted by atomic mass is 35.5. The zero-order valence-corrected chi connectivity index (χ0v) is 10.6. The average Bonchev–Trinajstić information content (AvgIpc) is 2.66. The van der Waals surface area contributed by atoms with Crippen molar-refractivity contribution in [2.24, 2.45) is 0 Å². The van der Waals surface area contributed by atoms with Gasteiger partial charge in [-0.15, -0.1) is 0 Å². The molecule has 0 aliphatic heterocycles. The molecule has 86 valence electrons. The van der Waals surface area contributed by atoms with Gasteiger partial charge in [-0.1, -0.05) is 42.3 Å². The molecule has 0 radical (unpaired) electrons. The zero-order chi connectivity index (χ0) is 12.4. The number of nitriles is 1. The van der Waals surface area contributed by atoms with Crippen LogP contribution in [0.15, 0.2) is 24.3 Å². The van der Waals surface area contributed by atoms with Gasteiger partial charge < -0.3 is 0 Å². The minimum absolute atomic E-state index is 0.303. The van der Waals surface area contributed by atoms with Crippen LogP contribution in [0.4, 0.5) is 0 Å². The summed E-state index contributed by atoms with van der Waals surface area (Å²) in [7, 11) is 0. The molecule has 0 aliphatic rings. The first-order valence-electron chi connectivity index (χ1n) is 5.11. The molecule has 0 N–H and O–H groups in total. The van der Waals surface area contributed by atoms with Gasteiger partial charge in [-0.3, -0.25) is 0 Å². The third-order valence-electron chi connectivity index (χ3n) is 2.43. The van der Waals surface area contributed by atoms with Crippen LogP contribution < -0.4 is 0 Å². The first kappa shape index (κ1) is 12.0. The van der Waals surface area contributed by atoms with Crippen molar-refractivity contribution in [3.63, 3.8) is 0 Å². The van der Waals surface area contributed by atoms with Crippen molar-refractivity contribution in [3.8, 4) is 11.8 Å². The number of para-hydroxylation sites is 1. The third kappa shape index (κ3) is 2.02. The van der Waals surface area contributed by atoms with E-state index in [2.05, 4.69) is 11.2 Å². The summed E-state index contributed by atoms with van der Waals surface area (Å²) in [5.74, 6) is 0. The van der Waals surface area contributed by atoms with Gasteiger partial charge in [0.2, 0.25) is 0 Å². The molecule has 0 amide bonds. The molecule has 1 aromatic carbocycles. The highest BCUT2D eigenvalue weighted by Crippen LogP contribution is 2.27. The van der Waals surface area contributed by atoms with Crippen molar-refractivity contribution >= 4 is 23.2 Å². The second-order valence-electron chi connectivity index (χ2n) is 3.44. The van der Waals surface area contributed by atoms with Crippen LogP contribution in [0, 0.1) is 11.3 Å². The van der Waals surface area contributed by atoms with Gasteiger partial charge in [0.1, 0.15) is 11.6 Å². The monoisotopic (exact) mass is 265 g/mol. The lowest BCUT2D eigenvalue weighted by atomic mass is 10.2. The van der Waals surface area contributed by atoms with Gasteiger partial charge in [-0.05, 0) is 18.6 Å². The van der Waals surface area contributed by atoms with Gasteiger partial charge in [0.05, 0.1) is 16.4 Å². The lowest BCUT2D eigenvalue weighted by Crippen LogP contribution is -1.97. The van der Waals surface area contributed by atoms with E-state index in [1.165, 1.54) is 4.68 Å². The molecule has 0 atom stereocenters. The van der Waals surface area contributed by atoms with Crippen LogP contribution in [-0.2, 0) is 6.42 Å². The number of nitrogens with zero attached hydrogens (tertiary/aromatic N) is 3. The smallest absolute Gasteiger partial charge is 0.151 e. The molecule has 0 saturated heterocycles. The SMILES string of the molecule is CCc1nn(-c2ccccc2Cl)c(Cl)c1C#N. The fraction of sp³-hybridized carbons (Fsp3) is 0.167. The second-order valence-corrected chi connectivity index (χ2v) is 4.21.